The first-order chi connectivity index (χ1) is 9.26. The summed E-state index contributed by atoms with van der Waals surface area (Å²) < 4.78 is 54.4. The third kappa shape index (κ3) is 3.03. The fraction of sp³-hybridized carbons (Fsp3) is 0.600. The van der Waals surface area contributed by atoms with Gasteiger partial charge in [0.15, 0.2) is 9.84 Å². The normalized spacial score (nSPS) is 22.0. The van der Waals surface area contributed by atoms with Gasteiger partial charge in [-0.1, -0.05) is 0 Å². The molecule has 1 aliphatic rings. The number of sulfone groups is 1. The van der Waals surface area contributed by atoms with Crippen molar-refractivity contribution in [3.8, 4) is 0 Å². The summed E-state index contributed by atoms with van der Waals surface area (Å²) in [5.74, 6) is 0.843. The first kappa shape index (κ1) is 15.8. The molecule has 1 aromatic rings. The van der Waals surface area contributed by atoms with E-state index in [-0.39, 0.29) is 23.2 Å². The molecule has 20 heavy (non-hydrogen) atoms. The maximum atomic E-state index is 12.5. The van der Waals surface area contributed by atoms with Crippen molar-refractivity contribution in [1.82, 2.24) is 4.31 Å². The molecule has 7 nitrogen and oxygen atoms in total. The van der Waals surface area contributed by atoms with E-state index in [0.29, 0.717) is 5.75 Å². The van der Waals surface area contributed by atoms with Crippen LogP contribution in [-0.2, 0) is 26.5 Å². The average Bonchev–Trinajstić information content (AvgIpc) is 2.87. The summed E-state index contributed by atoms with van der Waals surface area (Å²) in [4.78, 5) is 0. The van der Waals surface area contributed by atoms with Crippen LogP contribution in [0.15, 0.2) is 21.6 Å². The summed E-state index contributed by atoms with van der Waals surface area (Å²) in [7, 11) is -7.55. The SMILES string of the molecule is CS(=O)(=O)C1CSCCN1S(=O)(=O)c1ccc(CO)o1. The Kier molecular flexibility index (Phi) is 4.50. The van der Waals surface area contributed by atoms with Crippen molar-refractivity contribution < 1.29 is 26.4 Å². The van der Waals surface area contributed by atoms with E-state index in [1.807, 2.05) is 0 Å². The lowest BCUT2D eigenvalue weighted by atomic mass is 10.5. The summed E-state index contributed by atoms with van der Waals surface area (Å²) in [5.41, 5.74) is 0. The number of thioether (sulfide) groups is 1. The lowest BCUT2D eigenvalue weighted by Crippen LogP contribution is -2.49. The Balaban J connectivity index is 2.40. The van der Waals surface area contributed by atoms with Gasteiger partial charge in [0.2, 0.25) is 5.09 Å². The van der Waals surface area contributed by atoms with Crippen molar-refractivity contribution in [2.24, 2.45) is 0 Å². The van der Waals surface area contributed by atoms with Gasteiger partial charge in [0.1, 0.15) is 17.7 Å². The Labute approximate surface area is 121 Å². The maximum Gasteiger partial charge on any atom is 0.277 e. The zero-order valence-electron chi connectivity index (χ0n) is 10.7. The van der Waals surface area contributed by atoms with Crippen LogP contribution in [0.3, 0.4) is 0 Å². The van der Waals surface area contributed by atoms with E-state index < -0.39 is 31.8 Å². The van der Waals surface area contributed by atoms with Gasteiger partial charge in [0.25, 0.3) is 10.0 Å². The largest absolute Gasteiger partial charge is 0.446 e. The van der Waals surface area contributed by atoms with Crippen molar-refractivity contribution in [2.45, 2.75) is 17.1 Å². The van der Waals surface area contributed by atoms with Crippen LogP contribution in [0, 0.1) is 0 Å². The first-order valence-electron chi connectivity index (χ1n) is 5.75. The van der Waals surface area contributed by atoms with Crippen molar-refractivity contribution in [3.63, 3.8) is 0 Å². The van der Waals surface area contributed by atoms with Crippen LogP contribution < -0.4 is 0 Å². The number of rotatable bonds is 4. The molecule has 0 aromatic carbocycles. The second-order valence-corrected chi connectivity index (χ2v) is 9.53. The van der Waals surface area contributed by atoms with Gasteiger partial charge in [-0.15, -0.1) is 0 Å². The number of sulfonamides is 1. The van der Waals surface area contributed by atoms with E-state index in [1.54, 1.807) is 0 Å². The van der Waals surface area contributed by atoms with Gasteiger partial charge in [0.05, 0.1) is 0 Å². The molecule has 2 heterocycles. The number of aliphatic hydroxyl groups excluding tert-OH is 1. The molecule has 1 atom stereocenters. The molecule has 1 aliphatic heterocycles. The highest BCUT2D eigenvalue weighted by Crippen LogP contribution is 2.28. The van der Waals surface area contributed by atoms with E-state index in [0.717, 1.165) is 10.6 Å². The minimum Gasteiger partial charge on any atom is -0.446 e. The topological polar surface area (TPSA) is 105 Å². The summed E-state index contributed by atoms with van der Waals surface area (Å²) in [6.07, 6.45) is 1.02. The number of furan rings is 1. The van der Waals surface area contributed by atoms with Crippen LogP contribution in [0.5, 0.6) is 0 Å². The minimum atomic E-state index is -4.02. The molecule has 0 saturated carbocycles. The zero-order valence-corrected chi connectivity index (χ0v) is 13.2. The average molecular weight is 341 g/mol. The third-order valence-electron chi connectivity index (χ3n) is 2.89. The Morgan fingerprint density at radius 1 is 1.40 bits per heavy atom. The van der Waals surface area contributed by atoms with Crippen LogP contribution in [0.25, 0.3) is 0 Å². The zero-order chi connectivity index (χ0) is 15.0. The summed E-state index contributed by atoms with van der Waals surface area (Å²) in [6, 6.07) is 2.57. The Morgan fingerprint density at radius 3 is 2.65 bits per heavy atom. The fourth-order valence-corrected chi connectivity index (χ4v) is 6.98. The van der Waals surface area contributed by atoms with Gasteiger partial charge in [-0.2, -0.15) is 16.1 Å². The van der Waals surface area contributed by atoms with E-state index in [4.69, 9.17) is 9.52 Å². The summed E-state index contributed by atoms with van der Waals surface area (Å²) in [5, 5.41) is 7.47. The second-order valence-electron chi connectivity index (χ2n) is 4.35. The predicted octanol–water partition coefficient (Wildman–Crippen LogP) is -0.120. The molecule has 1 aromatic heterocycles. The fourth-order valence-electron chi connectivity index (χ4n) is 1.88. The van der Waals surface area contributed by atoms with E-state index in [9.17, 15) is 16.8 Å². The summed E-state index contributed by atoms with van der Waals surface area (Å²) in [6.45, 7) is -0.305. The van der Waals surface area contributed by atoms with Crippen molar-refractivity contribution in [2.75, 3.05) is 24.3 Å². The van der Waals surface area contributed by atoms with E-state index >= 15 is 0 Å². The molecule has 1 saturated heterocycles. The van der Waals surface area contributed by atoms with E-state index in [2.05, 4.69) is 0 Å². The van der Waals surface area contributed by atoms with Gasteiger partial charge in [-0.05, 0) is 12.1 Å². The van der Waals surface area contributed by atoms with Gasteiger partial charge in [-0.25, -0.2) is 16.8 Å². The molecular formula is C10H15NO6S3. The van der Waals surface area contributed by atoms with Gasteiger partial charge in [-0.3, -0.25) is 0 Å². The number of hydrogen-bond donors (Lipinski definition) is 1. The van der Waals surface area contributed by atoms with Crippen LogP contribution >= 0.6 is 11.8 Å². The van der Waals surface area contributed by atoms with Crippen molar-refractivity contribution in [1.29, 1.82) is 0 Å². The molecule has 0 aliphatic carbocycles. The molecule has 1 fully saturated rings. The van der Waals surface area contributed by atoms with Crippen molar-refractivity contribution in [3.05, 3.63) is 17.9 Å². The van der Waals surface area contributed by atoms with Gasteiger partial charge < -0.3 is 9.52 Å². The Hall–Kier alpha value is -0.550. The quantitative estimate of drug-likeness (QED) is 0.814. The van der Waals surface area contributed by atoms with Gasteiger partial charge in [0, 0.05) is 24.3 Å². The summed E-state index contributed by atoms with van der Waals surface area (Å²) >= 11 is 1.40. The lowest BCUT2D eigenvalue weighted by molar-refractivity contribution is 0.235. The molecular weight excluding hydrogens is 326 g/mol. The number of hydrogen-bond acceptors (Lipinski definition) is 7. The smallest absolute Gasteiger partial charge is 0.277 e. The lowest BCUT2D eigenvalue weighted by Gasteiger charge is -2.32. The molecule has 0 amide bonds. The molecule has 1 N–H and O–H groups in total. The predicted molar refractivity (Wildman–Crippen MR) is 74.5 cm³/mol. The first-order valence-corrected chi connectivity index (χ1v) is 10.3. The Morgan fingerprint density at radius 2 is 2.10 bits per heavy atom. The van der Waals surface area contributed by atoms with Crippen LogP contribution in [-0.4, -0.2) is 55.9 Å². The molecule has 0 bridgehead atoms. The maximum absolute atomic E-state index is 12.5. The van der Waals surface area contributed by atoms with Gasteiger partial charge >= 0.3 is 0 Å². The highest BCUT2D eigenvalue weighted by Gasteiger charge is 2.40. The number of nitrogens with zero attached hydrogens (tertiary/aromatic N) is 1. The van der Waals surface area contributed by atoms with Crippen LogP contribution in [0.1, 0.15) is 5.76 Å². The molecule has 1 unspecified atom stereocenters. The van der Waals surface area contributed by atoms with Crippen molar-refractivity contribution >= 4 is 31.6 Å². The molecule has 10 heteroatoms. The van der Waals surface area contributed by atoms with E-state index in [1.165, 1.54) is 23.9 Å². The molecule has 0 spiro atoms. The van der Waals surface area contributed by atoms with Crippen LogP contribution in [0.4, 0.5) is 0 Å². The number of aliphatic hydroxyl groups is 1. The molecule has 114 valence electrons. The highest BCUT2D eigenvalue weighted by molar-refractivity contribution is 8.01. The minimum absolute atomic E-state index is 0.111. The second kappa shape index (κ2) is 5.68. The standard InChI is InChI=1S/C10H15NO6S3/c1-19(13,14)9-7-18-5-4-11(9)20(15,16)10-3-2-8(6-12)17-10/h2-3,9,12H,4-7H2,1H3. The highest BCUT2D eigenvalue weighted by atomic mass is 32.2. The Bertz CT molecular complexity index is 678. The molecule has 0 radical (unpaired) electrons. The third-order valence-corrected chi connectivity index (χ3v) is 7.45. The van der Waals surface area contributed by atoms with Crippen LogP contribution in [0.2, 0.25) is 0 Å². The monoisotopic (exact) mass is 341 g/mol. The molecule has 2 rings (SSSR count).